The van der Waals surface area contributed by atoms with Crippen LogP contribution in [0.5, 0.6) is 0 Å². The van der Waals surface area contributed by atoms with Crippen LogP contribution in [0.1, 0.15) is 11.1 Å². The average molecular weight is 329 g/mol. The normalized spacial score (nSPS) is 10.6. The van der Waals surface area contributed by atoms with Crippen molar-refractivity contribution in [3.05, 3.63) is 68.9 Å². The molecule has 0 heterocycles. The molecule has 0 aromatic heterocycles. The quantitative estimate of drug-likeness (QED) is 0.869. The van der Waals surface area contributed by atoms with Gasteiger partial charge in [0.15, 0.2) is 0 Å². The van der Waals surface area contributed by atoms with E-state index in [0.717, 1.165) is 16.6 Å². The van der Waals surface area contributed by atoms with Gasteiger partial charge in [0, 0.05) is 17.6 Å². The van der Waals surface area contributed by atoms with Crippen LogP contribution in [0.15, 0.2) is 46.9 Å². The Bertz CT molecular complexity index is 545. The number of halogens is 3. The van der Waals surface area contributed by atoms with Crippen LogP contribution in [0.25, 0.3) is 0 Å². The summed E-state index contributed by atoms with van der Waals surface area (Å²) in [5, 5.41) is 3.42. The largest absolute Gasteiger partial charge is 0.309 e. The van der Waals surface area contributed by atoms with Gasteiger partial charge in [0.2, 0.25) is 0 Å². The minimum absolute atomic E-state index is 0.158. The van der Waals surface area contributed by atoms with E-state index in [0.29, 0.717) is 6.54 Å². The smallest absolute Gasteiger partial charge is 0.142 e. The van der Waals surface area contributed by atoms with Gasteiger partial charge in [-0.05, 0) is 35.4 Å². The average Bonchev–Trinajstić information content (AvgIpc) is 2.34. The second kappa shape index (κ2) is 6.32. The van der Waals surface area contributed by atoms with Crippen molar-refractivity contribution in [1.29, 1.82) is 0 Å². The third-order valence-electron chi connectivity index (χ3n) is 2.53. The molecule has 0 atom stereocenters. The van der Waals surface area contributed by atoms with Gasteiger partial charge in [-0.3, -0.25) is 0 Å². The molecule has 0 unspecified atom stereocenters. The van der Waals surface area contributed by atoms with Crippen LogP contribution in [0.4, 0.5) is 4.39 Å². The third-order valence-corrected chi connectivity index (χ3v) is 3.33. The van der Waals surface area contributed by atoms with Crippen molar-refractivity contribution >= 4 is 27.5 Å². The van der Waals surface area contributed by atoms with Crippen LogP contribution < -0.4 is 5.32 Å². The van der Waals surface area contributed by atoms with E-state index in [-0.39, 0.29) is 10.8 Å². The number of hydrogen-bond donors (Lipinski definition) is 1. The minimum Gasteiger partial charge on any atom is -0.309 e. The molecule has 0 aliphatic heterocycles. The molecular formula is C14H12BrClFN. The lowest BCUT2D eigenvalue weighted by atomic mass is 10.2. The molecule has 0 saturated heterocycles. The van der Waals surface area contributed by atoms with Gasteiger partial charge in [-0.25, -0.2) is 4.39 Å². The molecular weight excluding hydrogens is 317 g/mol. The zero-order valence-electron chi connectivity index (χ0n) is 9.59. The summed E-state index contributed by atoms with van der Waals surface area (Å²) in [6.07, 6.45) is 0. The molecule has 0 saturated carbocycles. The Hall–Kier alpha value is -0.900. The summed E-state index contributed by atoms with van der Waals surface area (Å²) in [5.41, 5.74) is 2.06. The molecule has 1 nitrogen and oxygen atoms in total. The summed E-state index contributed by atoms with van der Waals surface area (Å²) in [5.74, 6) is -0.376. The first-order valence-corrected chi connectivity index (χ1v) is 6.71. The Morgan fingerprint density at radius 1 is 1.06 bits per heavy atom. The van der Waals surface area contributed by atoms with Gasteiger partial charge in [0.05, 0.1) is 5.02 Å². The van der Waals surface area contributed by atoms with Crippen LogP contribution in [-0.2, 0) is 13.1 Å². The third kappa shape index (κ3) is 3.80. The zero-order chi connectivity index (χ0) is 13.0. The monoisotopic (exact) mass is 327 g/mol. The lowest BCUT2D eigenvalue weighted by molar-refractivity contribution is 0.620. The van der Waals surface area contributed by atoms with Crippen molar-refractivity contribution in [3.63, 3.8) is 0 Å². The SMILES string of the molecule is Fc1cc(CNCc2cccc(Br)c2)ccc1Cl. The molecule has 0 aliphatic carbocycles. The topological polar surface area (TPSA) is 12.0 Å². The van der Waals surface area contributed by atoms with Gasteiger partial charge in [0.1, 0.15) is 5.82 Å². The van der Waals surface area contributed by atoms with Gasteiger partial charge >= 0.3 is 0 Å². The summed E-state index contributed by atoms with van der Waals surface area (Å²) in [6.45, 7) is 1.35. The van der Waals surface area contributed by atoms with Crippen LogP contribution in [-0.4, -0.2) is 0 Å². The van der Waals surface area contributed by atoms with E-state index in [2.05, 4.69) is 27.3 Å². The van der Waals surface area contributed by atoms with Crippen LogP contribution in [0.3, 0.4) is 0 Å². The fourth-order valence-corrected chi connectivity index (χ4v) is 2.21. The Kier molecular flexibility index (Phi) is 4.75. The molecule has 2 aromatic carbocycles. The summed E-state index contributed by atoms with van der Waals surface area (Å²) < 4.78 is 14.3. The highest BCUT2D eigenvalue weighted by molar-refractivity contribution is 9.10. The van der Waals surface area contributed by atoms with Gasteiger partial charge in [-0.2, -0.15) is 0 Å². The Labute approximate surface area is 119 Å². The van der Waals surface area contributed by atoms with Crippen LogP contribution >= 0.6 is 27.5 Å². The fraction of sp³-hybridized carbons (Fsp3) is 0.143. The van der Waals surface area contributed by atoms with Crippen molar-refractivity contribution in [2.24, 2.45) is 0 Å². The van der Waals surface area contributed by atoms with Crippen molar-refractivity contribution in [3.8, 4) is 0 Å². The Morgan fingerprint density at radius 3 is 2.44 bits per heavy atom. The second-order valence-electron chi connectivity index (χ2n) is 3.98. The summed E-state index contributed by atoms with van der Waals surface area (Å²) >= 11 is 9.05. The van der Waals surface area contributed by atoms with E-state index in [9.17, 15) is 4.39 Å². The fourth-order valence-electron chi connectivity index (χ4n) is 1.65. The number of benzene rings is 2. The summed E-state index contributed by atoms with van der Waals surface area (Å²) in [7, 11) is 0. The van der Waals surface area contributed by atoms with E-state index in [1.807, 2.05) is 24.3 Å². The molecule has 2 rings (SSSR count). The van der Waals surface area contributed by atoms with E-state index in [1.54, 1.807) is 6.07 Å². The lowest BCUT2D eigenvalue weighted by Crippen LogP contribution is -2.12. The maximum Gasteiger partial charge on any atom is 0.142 e. The molecule has 18 heavy (non-hydrogen) atoms. The first-order chi connectivity index (χ1) is 8.65. The standard InChI is InChI=1S/C14H12BrClFN/c15-12-3-1-2-10(6-12)8-18-9-11-4-5-13(16)14(17)7-11/h1-7,18H,8-9H2. The number of hydrogen-bond acceptors (Lipinski definition) is 1. The molecule has 4 heteroatoms. The van der Waals surface area contributed by atoms with Crippen LogP contribution in [0, 0.1) is 5.82 Å². The Morgan fingerprint density at radius 2 is 1.78 bits per heavy atom. The number of nitrogens with one attached hydrogen (secondary N) is 1. The van der Waals surface area contributed by atoms with Crippen molar-refractivity contribution in [1.82, 2.24) is 5.32 Å². The molecule has 1 N–H and O–H groups in total. The maximum absolute atomic E-state index is 13.2. The molecule has 94 valence electrons. The zero-order valence-corrected chi connectivity index (χ0v) is 11.9. The van der Waals surface area contributed by atoms with Crippen molar-refractivity contribution < 1.29 is 4.39 Å². The van der Waals surface area contributed by atoms with E-state index in [1.165, 1.54) is 11.6 Å². The molecule has 0 fully saturated rings. The van der Waals surface area contributed by atoms with E-state index in [4.69, 9.17) is 11.6 Å². The highest BCUT2D eigenvalue weighted by Gasteiger charge is 2.01. The van der Waals surface area contributed by atoms with Crippen molar-refractivity contribution in [2.75, 3.05) is 0 Å². The van der Waals surface area contributed by atoms with Gasteiger partial charge < -0.3 is 5.32 Å². The summed E-state index contributed by atoms with van der Waals surface area (Å²) in [4.78, 5) is 0. The van der Waals surface area contributed by atoms with Gasteiger partial charge in [-0.15, -0.1) is 0 Å². The molecule has 0 spiro atoms. The van der Waals surface area contributed by atoms with Gasteiger partial charge in [-0.1, -0.05) is 45.7 Å². The molecule has 0 aliphatic rings. The van der Waals surface area contributed by atoms with Gasteiger partial charge in [0.25, 0.3) is 0 Å². The first-order valence-electron chi connectivity index (χ1n) is 5.54. The van der Waals surface area contributed by atoms with E-state index >= 15 is 0 Å². The maximum atomic E-state index is 13.2. The molecule has 0 amide bonds. The van der Waals surface area contributed by atoms with Crippen molar-refractivity contribution in [2.45, 2.75) is 13.1 Å². The lowest BCUT2D eigenvalue weighted by Gasteiger charge is -2.06. The Balaban J connectivity index is 1.90. The number of rotatable bonds is 4. The first kappa shape index (κ1) is 13.5. The second-order valence-corrected chi connectivity index (χ2v) is 5.30. The molecule has 0 radical (unpaired) electrons. The minimum atomic E-state index is -0.376. The summed E-state index contributed by atoms with van der Waals surface area (Å²) in [6, 6.07) is 12.9. The predicted octanol–water partition coefficient (Wildman–Crippen LogP) is 4.53. The highest BCUT2D eigenvalue weighted by atomic mass is 79.9. The van der Waals surface area contributed by atoms with E-state index < -0.39 is 0 Å². The molecule has 0 bridgehead atoms. The highest BCUT2D eigenvalue weighted by Crippen LogP contribution is 2.16. The molecule has 2 aromatic rings. The van der Waals surface area contributed by atoms with Crippen LogP contribution in [0.2, 0.25) is 5.02 Å². The predicted molar refractivity (Wildman–Crippen MR) is 76.1 cm³/mol.